The highest BCUT2D eigenvalue weighted by atomic mass is 16.5. The van der Waals surface area contributed by atoms with E-state index in [9.17, 15) is 4.79 Å². The summed E-state index contributed by atoms with van der Waals surface area (Å²) in [4.78, 5) is 10.8. The van der Waals surface area contributed by atoms with E-state index in [0.29, 0.717) is 11.5 Å². The second-order valence-electron chi connectivity index (χ2n) is 4.37. The number of benzene rings is 2. The van der Waals surface area contributed by atoms with Crippen LogP contribution in [0.3, 0.4) is 0 Å². The minimum absolute atomic E-state index is 0.276. The lowest BCUT2D eigenvalue weighted by Gasteiger charge is -2.07. The molecule has 0 atom stereocenters. The zero-order valence-corrected chi connectivity index (χ0v) is 11.9. The average Bonchev–Trinajstić information content (AvgIpc) is 2.52. The standard InChI is InChI=1S/C17H16O4/c1-20-15-10-7-13(11-16(15)21-2)4-3-12-5-8-14(9-6-12)17(18)19/h3-11H,1-2H3,(H,18,19). The van der Waals surface area contributed by atoms with Crippen LogP contribution in [0.15, 0.2) is 42.5 Å². The lowest BCUT2D eigenvalue weighted by Crippen LogP contribution is -1.94. The van der Waals surface area contributed by atoms with Gasteiger partial charge in [-0.3, -0.25) is 0 Å². The molecule has 0 aliphatic carbocycles. The highest BCUT2D eigenvalue weighted by Gasteiger charge is 2.03. The Morgan fingerprint density at radius 1 is 0.905 bits per heavy atom. The largest absolute Gasteiger partial charge is 0.493 e. The van der Waals surface area contributed by atoms with E-state index < -0.39 is 5.97 Å². The zero-order valence-electron chi connectivity index (χ0n) is 11.9. The van der Waals surface area contributed by atoms with Gasteiger partial charge in [-0.05, 0) is 35.4 Å². The summed E-state index contributed by atoms with van der Waals surface area (Å²) in [6.45, 7) is 0. The van der Waals surface area contributed by atoms with Crippen molar-refractivity contribution in [3.8, 4) is 11.5 Å². The molecule has 4 heteroatoms. The monoisotopic (exact) mass is 284 g/mol. The van der Waals surface area contributed by atoms with Crippen molar-refractivity contribution < 1.29 is 19.4 Å². The van der Waals surface area contributed by atoms with Crippen molar-refractivity contribution in [3.05, 3.63) is 59.2 Å². The number of ether oxygens (including phenoxy) is 2. The highest BCUT2D eigenvalue weighted by molar-refractivity contribution is 5.88. The topological polar surface area (TPSA) is 55.8 Å². The van der Waals surface area contributed by atoms with Crippen LogP contribution in [-0.2, 0) is 0 Å². The zero-order chi connectivity index (χ0) is 15.2. The van der Waals surface area contributed by atoms with E-state index in [2.05, 4.69) is 0 Å². The van der Waals surface area contributed by atoms with Crippen molar-refractivity contribution in [2.75, 3.05) is 14.2 Å². The van der Waals surface area contributed by atoms with Gasteiger partial charge < -0.3 is 14.6 Å². The first-order chi connectivity index (χ1) is 10.1. The first-order valence-corrected chi connectivity index (χ1v) is 6.37. The minimum atomic E-state index is -0.926. The molecule has 0 saturated heterocycles. The molecule has 0 bridgehead atoms. The van der Waals surface area contributed by atoms with E-state index in [1.54, 1.807) is 38.5 Å². The van der Waals surface area contributed by atoms with Gasteiger partial charge in [-0.1, -0.05) is 30.4 Å². The third-order valence-corrected chi connectivity index (χ3v) is 3.03. The summed E-state index contributed by atoms with van der Waals surface area (Å²) in [7, 11) is 3.19. The predicted octanol–water partition coefficient (Wildman–Crippen LogP) is 3.57. The van der Waals surface area contributed by atoms with Gasteiger partial charge in [0.2, 0.25) is 0 Å². The second kappa shape index (κ2) is 6.61. The van der Waals surface area contributed by atoms with Gasteiger partial charge in [0.1, 0.15) is 0 Å². The van der Waals surface area contributed by atoms with Gasteiger partial charge in [0.05, 0.1) is 19.8 Å². The predicted molar refractivity (Wildman–Crippen MR) is 81.9 cm³/mol. The molecule has 0 heterocycles. The van der Waals surface area contributed by atoms with Crippen LogP contribution in [0.4, 0.5) is 0 Å². The Morgan fingerprint density at radius 3 is 2.05 bits per heavy atom. The van der Waals surface area contributed by atoms with E-state index >= 15 is 0 Å². The molecule has 0 radical (unpaired) electrons. The summed E-state index contributed by atoms with van der Waals surface area (Å²) < 4.78 is 10.4. The van der Waals surface area contributed by atoms with Crippen molar-refractivity contribution in [1.29, 1.82) is 0 Å². The number of methoxy groups -OCH3 is 2. The van der Waals surface area contributed by atoms with Crippen LogP contribution in [0, 0.1) is 0 Å². The Morgan fingerprint density at radius 2 is 1.48 bits per heavy atom. The molecule has 2 rings (SSSR count). The van der Waals surface area contributed by atoms with Crippen molar-refractivity contribution in [2.45, 2.75) is 0 Å². The first kappa shape index (κ1) is 14.7. The molecule has 1 N–H and O–H groups in total. The van der Waals surface area contributed by atoms with Crippen LogP contribution in [0.5, 0.6) is 11.5 Å². The van der Waals surface area contributed by atoms with Gasteiger partial charge in [-0.25, -0.2) is 4.79 Å². The molecule has 4 nitrogen and oxygen atoms in total. The van der Waals surface area contributed by atoms with E-state index in [1.165, 1.54) is 0 Å². The molecule has 0 fully saturated rings. The number of rotatable bonds is 5. The van der Waals surface area contributed by atoms with Crippen molar-refractivity contribution in [3.63, 3.8) is 0 Å². The summed E-state index contributed by atoms with van der Waals surface area (Å²) in [6.07, 6.45) is 3.84. The molecule has 108 valence electrons. The van der Waals surface area contributed by atoms with Crippen molar-refractivity contribution in [1.82, 2.24) is 0 Å². The summed E-state index contributed by atoms with van der Waals surface area (Å²) in [5.41, 5.74) is 2.17. The number of carbonyl (C=O) groups is 1. The van der Waals surface area contributed by atoms with Crippen LogP contribution in [-0.4, -0.2) is 25.3 Å². The summed E-state index contributed by atoms with van der Waals surface area (Å²) in [5.74, 6) is 0.423. The molecule has 0 aliphatic rings. The number of hydrogen-bond donors (Lipinski definition) is 1. The molecule has 0 saturated carbocycles. The summed E-state index contributed by atoms with van der Waals surface area (Å²) in [5, 5.41) is 8.85. The van der Waals surface area contributed by atoms with Crippen LogP contribution in [0.1, 0.15) is 21.5 Å². The molecule has 2 aromatic rings. The molecule has 0 aromatic heterocycles. The summed E-state index contributed by atoms with van der Waals surface area (Å²) in [6, 6.07) is 12.3. The van der Waals surface area contributed by atoms with Gasteiger partial charge in [0, 0.05) is 0 Å². The van der Waals surface area contributed by atoms with Gasteiger partial charge in [-0.2, -0.15) is 0 Å². The fourth-order valence-corrected chi connectivity index (χ4v) is 1.89. The van der Waals surface area contributed by atoms with Crippen LogP contribution in [0.25, 0.3) is 12.2 Å². The van der Waals surface area contributed by atoms with Gasteiger partial charge in [0.25, 0.3) is 0 Å². The molecular formula is C17H16O4. The third-order valence-electron chi connectivity index (χ3n) is 3.03. The summed E-state index contributed by atoms with van der Waals surface area (Å²) >= 11 is 0. The molecule has 2 aromatic carbocycles. The fourth-order valence-electron chi connectivity index (χ4n) is 1.89. The Hall–Kier alpha value is -2.75. The highest BCUT2D eigenvalue weighted by Crippen LogP contribution is 2.28. The lowest BCUT2D eigenvalue weighted by atomic mass is 10.1. The number of carboxylic acids is 1. The molecule has 0 unspecified atom stereocenters. The molecule has 21 heavy (non-hydrogen) atoms. The first-order valence-electron chi connectivity index (χ1n) is 6.37. The average molecular weight is 284 g/mol. The van der Waals surface area contributed by atoms with E-state index in [-0.39, 0.29) is 5.56 Å². The third kappa shape index (κ3) is 3.63. The Kier molecular flexibility index (Phi) is 4.61. The lowest BCUT2D eigenvalue weighted by molar-refractivity contribution is 0.0697. The van der Waals surface area contributed by atoms with Crippen LogP contribution >= 0.6 is 0 Å². The fraction of sp³-hybridized carbons (Fsp3) is 0.118. The maximum atomic E-state index is 10.8. The van der Waals surface area contributed by atoms with Crippen LogP contribution < -0.4 is 9.47 Å². The number of carboxylic acid groups (broad SMARTS) is 1. The maximum absolute atomic E-state index is 10.8. The number of hydrogen-bond acceptors (Lipinski definition) is 3. The quantitative estimate of drug-likeness (QED) is 0.853. The molecule has 0 aliphatic heterocycles. The Labute approximate surface area is 123 Å². The molecular weight excluding hydrogens is 268 g/mol. The second-order valence-corrected chi connectivity index (χ2v) is 4.37. The van der Waals surface area contributed by atoms with Gasteiger partial charge >= 0.3 is 5.97 Å². The maximum Gasteiger partial charge on any atom is 0.335 e. The van der Waals surface area contributed by atoms with E-state index in [1.807, 2.05) is 30.4 Å². The van der Waals surface area contributed by atoms with Crippen molar-refractivity contribution >= 4 is 18.1 Å². The minimum Gasteiger partial charge on any atom is -0.493 e. The molecule has 0 amide bonds. The van der Waals surface area contributed by atoms with Crippen molar-refractivity contribution in [2.24, 2.45) is 0 Å². The van der Waals surface area contributed by atoms with E-state index in [0.717, 1.165) is 11.1 Å². The molecule has 0 spiro atoms. The Balaban J connectivity index is 2.18. The van der Waals surface area contributed by atoms with E-state index in [4.69, 9.17) is 14.6 Å². The smallest absolute Gasteiger partial charge is 0.335 e. The van der Waals surface area contributed by atoms with Crippen LogP contribution in [0.2, 0.25) is 0 Å². The van der Waals surface area contributed by atoms with Gasteiger partial charge in [0.15, 0.2) is 11.5 Å². The number of aromatic carboxylic acids is 1. The SMILES string of the molecule is COc1ccc(C=Cc2ccc(C(=O)O)cc2)cc1OC. The normalized spacial score (nSPS) is 10.6. The Bertz CT molecular complexity index is 657. The van der Waals surface area contributed by atoms with Gasteiger partial charge in [-0.15, -0.1) is 0 Å².